The first-order valence-electron chi connectivity index (χ1n) is 8.40. The van der Waals surface area contributed by atoms with E-state index < -0.39 is 22.0 Å². The van der Waals surface area contributed by atoms with Crippen molar-refractivity contribution in [2.45, 2.75) is 17.9 Å². The van der Waals surface area contributed by atoms with Crippen molar-refractivity contribution in [3.63, 3.8) is 0 Å². The highest BCUT2D eigenvalue weighted by Crippen LogP contribution is 2.22. The zero-order valence-electron chi connectivity index (χ0n) is 15.0. The minimum atomic E-state index is -3.66. The Morgan fingerprint density at radius 1 is 1.18 bits per heavy atom. The highest BCUT2D eigenvalue weighted by atomic mass is 32.2. The molecule has 1 atom stereocenters. The summed E-state index contributed by atoms with van der Waals surface area (Å²) < 4.78 is 37.0. The van der Waals surface area contributed by atoms with Gasteiger partial charge in [-0.15, -0.1) is 0 Å². The molecule has 0 saturated heterocycles. The lowest BCUT2D eigenvalue weighted by atomic mass is 10.2. The Morgan fingerprint density at radius 3 is 2.61 bits per heavy atom. The van der Waals surface area contributed by atoms with E-state index in [1.54, 1.807) is 42.5 Å². The molecular weight excluding hydrogens is 382 g/mol. The standard InChI is InChI=1S/C19H17N3O5S/c1-13(21-18-16-4-2-3-5-17(16)28(24,25)22-18)19(23)27-11-10-26-15-8-6-14(12-20)7-9-15/h2-9,13H,10-11H2,1H3,(H,21,22)/t13-/m1/s1. The molecule has 0 fully saturated rings. The van der Waals surface area contributed by atoms with Crippen LogP contribution in [-0.2, 0) is 19.6 Å². The van der Waals surface area contributed by atoms with Gasteiger partial charge in [-0.2, -0.15) is 5.26 Å². The predicted octanol–water partition coefficient (Wildman–Crippen LogP) is 1.61. The van der Waals surface area contributed by atoms with Crippen LogP contribution in [0.25, 0.3) is 0 Å². The largest absolute Gasteiger partial charge is 0.490 e. The molecule has 8 nitrogen and oxygen atoms in total. The SMILES string of the molecule is C[C@@H](N=C1NS(=O)(=O)c2ccccc21)C(=O)OCCOc1ccc(C#N)cc1. The third kappa shape index (κ3) is 4.29. The van der Waals surface area contributed by atoms with Crippen molar-refractivity contribution < 1.29 is 22.7 Å². The number of rotatable bonds is 6. The molecule has 0 saturated carbocycles. The maximum Gasteiger partial charge on any atom is 0.330 e. The number of fused-ring (bicyclic) bond motifs is 1. The smallest absolute Gasteiger partial charge is 0.330 e. The molecule has 2 aromatic rings. The van der Waals surface area contributed by atoms with Gasteiger partial charge in [0.25, 0.3) is 10.0 Å². The number of nitrogens with zero attached hydrogens (tertiary/aromatic N) is 2. The fourth-order valence-electron chi connectivity index (χ4n) is 2.52. The Hall–Kier alpha value is -3.38. The minimum absolute atomic E-state index is 0.0103. The quantitative estimate of drug-likeness (QED) is 0.582. The molecule has 1 aliphatic rings. The van der Waals surface area contributed by atoms with E-state index in [9.17, 15) is 13.2 Å². The number of aliphatic imine (C=N–C) groups is 1. The van der Waals surface area contributed by atoms with Crippen LogP contribution in [0.3, 0.4) is 0 Å². The number of nitrogens with one attached hydrogen (secondary N) is 1. The number of carbonyl (C=O) groups excluding carboxylic acids is 1. The number of amidine groups is 1. The maximum atomic E-state index is 12.1. The molecule has 0 radical (unpaired) electrons. The van der Waals surface area contributed by atoms with Crippen LogP contribution in [0.1, 0.15) is 18.1 Å². The fraction of sp³-hybridized carbons (Fsp3) is 0.211. The minimum Gasteiger partial charge on any atom is -0.490 e. The Balaban J connectivity index is 1.54. The molecule has 28 heavy (non-hydrogen) atoms. The predicted molar refractivity (Wildman–Crippen MR) is 100 cm³/mol. The molecule has 2 aromatic carbocycles. The second kappa shape index (κ2) is 8.10. The summed E-state index contributed by atoms with van der Waals surface area (Å²) in [5.41, 5.74) is 0.946. The number of hydrogen-bond acceptors (Lipinski definition) is 7. The van der Waals surface area contributed by atoms with Crippen molar-refractivity contribution in [1.82, 2.24) is 4.72 Å². The van der Waals surface area contributed by atoms with E-state index in [-0.39, 0.29) is 23.9 Å². The van der Waals surface area contributed by atoms with E-state index >= 15 is 0 Å². The highest BCUT2D eigenvalue weighted by molar-refractivity contribution is 7.90. The second-order valence-electron chi connectivity index (χ2n) is 5.91. The van der Waals surface area contributed by atoms with Crippen LogP contribution in [0.4, 0.5) is 0 Å². The van der Waals surface area contributed by atoms with E-state index in [0.717, 1.165) is 0 Å². The van der Waals surface area contributed by atoms with Crippen LogP contribution in [0, 0.1) is 11.3 Å². The van der Waals surface area contributed by atoms with E-state index in [4.69, 9.17) is 14.7 Å². The average Bonchev–Trinajstić information content (AvgIpc) is 2.96. The normalized spacial score (nSPS) is 16.5. The first-order valence-corrected chi connectivity index (χ1v) is 9.88. The van der Waals surface area contributed by atoms with Gasteiger partial charge in [0.2, 0.25) is 0 Å². The third-order valence-corrected chi connectivity index (χ3v) is 5.30. The first-order chi connectivity index (χ1) is 13.4. The fourth-order valence-corrected chi connectivity index (χ4v) is 3.76. The van der Waals surface area contributed by atoms with Crippen LogP contribution in [0.2, 0.25) is 0 Å². The summed E-state index contributed by atoms with van der Waals surface area (Å²) in [5, 5.41) is 8.74. The summed E-state index contributed by atoms with van der Waals surface area (Å²) in [7, 11) is -3.66. The Kier molecular flexibility index (Phi) is 5.61. The molecule has 9 heteroatoms. The Bertz CT molecular complexity index is 1060. The van der Waals surface area contributed by atoms with E-state index in [0.29, 0.717) is 16.9 Å². The summed E-state index contributed by atoms with van der Waals surface area (Å²) in [6, 6.07) is 14.1. The lowest BCUT2D eigenvalue weighted by Crippen LogP contribution is -2.27. The number of carbonyl (C=O) groups is 1. The van der Waals surface area contributed by atoms with Gasteiger partial charge in [0, 0.05) is 5.56 Å². The molecule has 0 spiro atoms. The molecule has 0 amide bonds. The molecule has 1 N–H and O–H groups in total. The maximum absolute atomic E-state index is 12.1. The average molecular weight is 399 g/mol. The van der Waals surface area contributed by atoms with Gasteiger partial charge < -0.3 is 9.47 Å². The van der Waals surface area contributed by atoms with Crippen LogP contribution in [-0.4, -0.2) is 39.5 Å². The highest BCUT2D eigenvalue weighted by Gasteiger charge is 2.31. The van der Waals surface area contributed by atoms with Gasteiger partial charge >= 0.3 is 5.97 Å². The number of benzene rings is 2. The van der Waals surface area contributed by atoms with Crippen LogP contribution >= 0.6 is 0 Å². The first kappa shape index (κ1) is 19.4. The van der Waals surface area contributed by atoms with Crippen LogP contribution in [0.5, 0.6) is 5.75 Å². The summed E-state index contributed by atoms with van der Waals surface area (Å²) in [4.78, 5) is 16.4. The molecule has 3 rings (SSSR count). The van der Waals surface area contributed by atoms with Crippen molar-refractivity contribution in [1.29, 1.82) is 5.26 Å². The van der Waals surface area contributed by atoms with E-state index in [1.165, 1.54) is 13.0 Å². The number of ether oxygens (including phenoxy) is 2. The summed E-state index contributed by atoms with van der Waals surface area (Å²) in [6.45, 7) is 1.67. The Morgan fingerprint density at radius 2 is 1.89 bits per heavy atom. The van der Waals surface area contributed by atoms with Crippen molar-refractivity contribution in [3.8, 4) is 11.8 Å². The van der Waals surface area contributed by atoms with Gasteiger partial charge in [0.15, 0.2) is 0 Å². The van der Waals surface area contributed by atoms with Crippen molar-refractivity contribution >= 4 is 21.8 Å². The summed E-state index contributed by atoms with van der Waals surface area (Å²) in [5.74, 6) is 0.0775. The monoisotopic (exact) mass is 399 g/mol. The zero-order chi connectivity index (χ0) is 20.1. The topological polar surface area (TPSA) is 118 Å². The van der Waals surface area contributed by atoms with Crippen molar-refractivity contribution in [3.05, 3.63) is 59.7 Å². The van der Waals surface area contributed by atoms with Gasteiger partial charge in [-0.1, -0.05) is 12.1 Å². The number of nitriles is 1. The molecule has 0 aromatic heterocycles. The number of sulfonamides is 1. The van der Waals surface area contributed by atoms with E-state index in [2.05, 4.69) is 9.71 Å². The molecule has 1 heterocycles. The van der Waals surface area contributed by atoms with Crippen molar-refractivity contribution in [2.75, 3.05) is 13.2 Å². The molecule has 0 aliphatic carbocycles. The van der Waals surface area contributed by atoms with Gasteiger partial charge in [-0.3, -0.25) is 9.71 Å². The number of hydrogen-bond donors (Lipinski definition) is 1. The second-order valence-corrected chi connectivity index (χ2v) is 7.56. The molecular formula is C19H17N3O5S. The van der Waals surface area contributed by atoms with Gasteiger partial charge in [-0.05, 0) is 43.3 Å². The zero-order valence-corrected chi connectivity index (χ0v) is 15.8. The molecule has 144 valence electrons. The summed E-state index contributed by atoms with van der Waals surface area (Å²) >= 11 is 0. The van der Waals surface area contributed by atoms with E-state index in [1.807, 2.05) is 6.07 Å². The van der Waals surface area contributed by atoms with Gasteiger partial charge in [-0.25, -0.2) is 13.2 Å². The molecule has 1 aliphatic heterocycles. The third-order valence-electron chi connectivity index (χ3n) is 3.91. The lowest BCUT2D eigenvalue weighted by molar-refractivity contribution is -0.145. The van der Waals surface area contributed by atoms with Gasteiger partial charge in [0.1, 0.15) is 30.8 Å². The molecule has 0 bridgehead atoms. The summed E-state index contributed by atoms with van der Waals surface area (Å²) in [6.07, 6.45) is 0. The van der Waals surface area contributed by atoms with Crippen LogP contribution in [0.15, 0.2) is 58.4 Å². The molecule has 0 unspecified atom stereocenters. The number of esters is 1. The Labute approximate surface area is 162 Å². The van der Waals surface area contributed by atoms with Crippen LogP contribution < -0.4 is 9.46 Å². The van der Waals surface area contributed by atoms with Crippen molar-refractivity contribution in [2.24, 2.45) is 4.99 Å². The lowest BCUT2D eigenvalue weighted by Gasteiger charge is -2.10. The van der Waals surface area contributed by atoms with Gasteiger partial charge in [0.05, 0.1) is 16.5 Å².